The predicted octanol–water partition coefficient (Wildman–Crippen LogP) is 7.95. The Balaban J connectivity index is 0.000000212. The van der Waals surface area contributed by atoms with Crippen LogP contribution in [0.15, 0.2) is 73.1 Å². The van der Waals surface area contributed by atoms with Gasteiger partial charge in [-0.15, -0.1) is 0 Å². The quantitative estimate of drug-likeness (QED) is 0.313. The molecule has 1 fully saturated rings. The molecule has 1 aromatic heterocycles. The average Bonchev–Trinajstić information content (AvgIpc) is 2.90. The van der Waals surface area contributed by atoms with Crippen molar-refractivity contribution in [2.75, 3.05) is 19.7 Å². The zero-order valence-electron chi connectivity index (χ0n) is 21.1. The molecule has 1 saturated heterocycles. The van der Waals surface area contributed by atoms with E-state index in [1.807, 2.05) is 24.4 Å². The van der Waals surface area contributed by atoms with Crippen LogP contribution in [-0.4, -0.2) is 24.7 Å². The van der Waals surface area contributed by atoms with Crippen LogP contribution in [0.3, 0.4) is 0 Å². The summed E-state index contributed by atoms with van der Waals surface area (Å²) in [6.07, 6.45) is 14.1. The number of aryl methyl sites for hydroxylation is 1. The molecule has 0 radical (unpaired) electrons. The molecule has 182 valence electrons. The third-order valence-corrected chi connectivity index (χ3v) is 6.41. The van der Waals surface area contributed by atoms with Gasteiger partial charge in [-0.25, -0.2) is 0 Å². The standard InChI is InChI=1S/C19H25NO.C12H17N/c1-2-3-4-5-6-7-14-21-19-12-8-10-17(15-19)18-11-9-13-20-16-18;1-10-4-2-5-11(8-10)12-6-3-7-13-9-12/h8-13,15-16H,2-7,14H2,1H3;2,4-5,8,12-13H,3,6-7,9H2,1H3. The zero-order valence-corrected chi connectivity index (χ0v) is 21.1. The highest BCUT2D eigenvalue weighted by Crippen LogP contribution is 2.24. The molecule has 2 heterocycles. The van der Waals surface area contributed by atoms with Crippen LogP contribution in [0.4, 0.5) is 0 Å². The second kappa shape index (κ2) is 15.3. The first-order chi connectivity index (χ1) is 16.8. The van der Waals surface area contributed by atoms with Gasteiger partial charge >= 0.3 is 0 Å². The van der Waals surface area contributed by atoms with Crippen LogP contribution in [-0.2, 0) is 0 Å². The minimum Gasteiger partial charge on any atom is -0.494 e. The first-order valence-corrected chi connectivity index (χ1v) is 13.2. The number of nitrogens with one attached hydrogen (secondary N) is 1. The van der Waals surface area contributed by atoms with Crippen LogP contribution in [0, 0.1) is 6.92 Å². The molecule has 0 bridgehead atoms. The molecule has 4 rings (SSSR count). The molecule has 3 aromatic rings. The molecule has 0 saturated carbocycles. The molecule has 0 aliphatic carbocycles. The Bertz CT molecular complexity index is 935. The summed E-state index contributed by atoms with van der Waals surface area (Å²) >= 11 is 0. The number of aromatic nitrogens is 1. The van der Waals surface area contributed by atoms with Gasteiger partial charge < -0.3 is 10.1 Å². The lowest BCUT2D eigenvalue weighted by Crippen LogP contribution is -2.28. The van der Waals surface area contributed by atoms with E-state index in [4.69, 9.17) is 4.74 Å². The summed E-state index contributed by atoms with van der Waals surface area (Å²) in [6.45, 7) is 7.58. The Labute approximate surface area is 207 Å². The van der Waals surface area contributed by atoms with Crippen molar-refractivity contribution in [3.63, 3.8) is 0 Å². The van der Waals surface area contributed by atoms with E-state index < -0.39 is 0 Å². The maximum Gasteiger partial charge on any atom is 0.119 e. The minimum absolute atomic E-state index is 0.744. The Morgan fingerprint density at radius 3 is 2.50 bits per heavy atom. The van der Waals surface area contributed by atoms with Crippen LogP contribution in [0.5, 0.6) is 5.75 Å². The fourth-order valence-corrected chi connectivity index (χ4v) is 4.43. The van der Waals surface area contributed by atoms with Gasteiger partial charge in [-0.3, -0.25) is 4.98 Å². The molecule has 3 heteroatoms. The van der Waals surface area contributed by atoms with Crippen LogP contribution >= 0.6 is 0 Å². The molecule has 1 unspecified atom stereocenters. The molecule has 0 amide bonds. The molecular weight excluding hydrogens is 416 g/mol. The number of rotatable bonds is 10. The Hall–Kier alpha value is -2.65. The Morgan fingerprint density at radius 2 is 1.74 bits per heavy atom. The maximum absolute atomic E-state index is 5.85. The molecule has 0 spiro atoms. The third kappa shape index (κ3) is 9.30. The van der Waals surface area contributed by atoms with Crippen LogP contribution in [0.1, 0.15) is 75.3 Å². The smallest absolute Gasteiger partial charge is 0.119 e. The maximum atomic E-state index is 5.85. The van der Waals surface area contributed by atoms with Crippen molar-refractivity contribution in [1.29, 1.82) is 0 Å². The minimum atomic E-state index is 0.744. The normalized spacial score (nSPS) is 15.3. The fourth-order valence-electron chi connectivity index (χ4n) is 4.43. The van der Waals surface area contributed by atoms with E-state index in [1.54, 1.807) is 6.20 Å². The van der Waals surface area contributed by atoms with Crippen molar-refractivity contribution in [1.82, 2.24) is 10.3 Å². The van der Waals surface area contributed by atoms with Gasteiger partial charge in [-0.05, 0) is 68.0 Å². The van der Waals surface area contributed by atoms with Crippen molar-refractivity contribution in [2.24, 2.45) is 0 Å². The number of piperidine rings is 1. The fraction of sp³-hybridized carbons (Fsp3) is 0.452. The molecule has 1 aliphatic rings. The lowest BCUT2D eigenvalue weighted by atomic mass is 9.91. The largest absolute Gasteiger partial charge is 0.494 e. The van der Waals surface area contributed by atoms with Gasteiger partial charge in [0, 0.05) is 24.5 Å². The van der Waals surface area contributed by atoms with Crippen molar-refractivity contribution < 1.29 is 4.74 Å². The number of unbranched alkanes of at least 4 members (excludes halogenated alkanes) is 5. The highest BCUT2D eigenvalue weighted by atomic mass is 16.5. The van der Waals surface area contributed by atoms with Gasteiger partial charge in [0.25, 0.3) is 0 Å². The van der Waals surface area contributed by atoms with Crippen molar-refractivity contribution >= 4 is 0 Å². The lowest BCUT2D eigenvalue weighted by molar-refractivity contribution is 0.304. The predicted molar refractivity (Wildman–Crippen MR) is 145 cm³/mol. The summed E-state index contributed by atoms with van der Waals surface area (Å²) < 4.78 is 5.85. The Kier molecular flexibility index (Phi) is 11.7. The second-order valence-electron chi connectivity index (χ2n) is 9.34. The van der Waals surface area contributed by atoms with E-state index in [0.717, 1.165) is 42.4 Å². The molecule has 3 nitrogen and oxygen atoms in total. The van der Waals surface area contributed by atoms with Crippen molar-refractivity contribution in [3.05, 3.63) is 84.2 Å². The summed E-state index contributed by atoms with van der Waals surface area (Å²) in [4.78, 5) is 4.16. The van der Waals surface area contributed by atoms with E-state index in [9.17, 15) is 0 Å². The number of hydrogen-bond donors (Lipinski definition) is 1. The van der Waals surface area contributed by atoms with Gasteiger partial charge in [0.05, 0.1) is 6.61 Å². The highest BCUT2D eigenvalue weighted by Gasteiger charge is 2.14. The first-order valence-electron chi connectivity index (χ1n) is 13.2. The van der Waals surface area contributed by atoms with Crippen LogP contribution in [0.2, 0.25) is 0 Å². The number of nitrogens with zero attached hydrogens (tertiary/aromatic N) is 1. The summed E-state index contributed by atoms with van der Waals surface area (Å²) in [5.41, 5.74) is 5.17. The molecular formula is C31H42N2O. The zero-order chi connectivity index (χ0) is 23.8. The monoisotopic (exact) mass is 458 g/mol. The summed E-state index contributed by atoms with van der Waals surface area (Å²) in [5.74, 6) is 1.69. The van der Waals surface area contributed by atoms with E-state index in [2.05, 4.69) is 66.6 Å². The summed E-state index contributed by atoms with van der Waals surface area (Å²) in [7, 11) is 0. The van der Waals surface area contributed by atoms with Gasteiger partial charge in [-0.1, -0.05) is 87.1 Å². The van der Waals surface area contributed by atoms with E-state index >= 15 is 0 Å². The van der Waals surface area contributed by atoms with Crippen molar-refractivity contribution in [2.45, 2.75) is 71.1 Å². The van der Waals surface area contributed by atoms with Gasteiger partial charge in [0.15, 0.2) is 0 Å². The highest BCUT2D eigenvalue weighted by molar-refractivity contribution is 5.63. The van der Waals surface area contributed by atoms with Gasteiger partial charge in [0.2, 0.25) is 0 Å². The average molecular weight is 459 g/mol. The van der Waals surface area contributed by atoms with Crippen LogP contribution < -0.4 is 10.1 Å². The topological polar surface area (TPSA) is 34.1 Å². The van der Waals surface area contributed by atoms with E-state index in [0.29, 0.717) is 0 Å². The van der Waals surface area contributed by atoms with Crippen LogP contribution in [0.25, 0.3) is 11.1 Å². The number of hydrogen-bond acceptors (Lipinski definition) is 3. The first kappa shape index (κ1) is 26.0. The third-order valence-electron chi connectivity index (χ3n) is 6.41. The van der Waals surface area contributed by atoms with Crippen molar-refractivity contribution in [3.8, 4) is 16.9 Å². The number of pyridine rings is 1. The molecule has 34 heavy (non-hydrogen) atoms. The van der Waals surface area contributed by atoms with Gasteiger partial charge in [-0.2, -0.15) is 0 Å². The van der Waals surface area contributed by atoms with E-state index in [1.165, 1.54) is 62.6 Å². The molecule has 1 N–H and O–H groups in total. The molecule has 1 atom stereocenters. The van der Waals surface area contributed by atoms with E-state index in [-0.39, 0.29) is 0 Å². The molecule has 1 aliphatic heterocycles. The Morgan fingerprint density at radius 1 is 0.912 bits per heavy atom. The SMILES string of the molecule is CCCCCCCCOc1cccc(-c2cccnc2)c1.Cc1cccc(C2CCCNC2)c1. The molecule has 2 aromatic carbocycles. The second-order valence-corrected chi connectivity index (χ2v) is 9.34. The number of ether oxygens (including phenoxy) is 1. The van der Waals surface area contributed by atoms with Gasteiger partial charge in [0.1, 0.15) is 5.75 Å². The summed E-state index contributed by atoms with van der Waals surface area (Å²) in [6, 6.07) is 21.2. The lowest BCUT2D eigenvalue weighted by Gasteiger charge is -2.23. The summed E-state index contributed by atoms with van der Waals surface area (Å²) in [5, 5.41) is 3.45. The number of benzene rings is 2.